The SMILES string of the molecule is CC1(C)C(=O)C=C1NC(Cc1ccc(Oc2nccc3ccncc23)cc1)C(=O)O. The summed E-state index contributed by atoms with van der Waals surface area (Å²) in [6.45, 7) is 3.55. The Morgan fingerprint density at radius 3 is 2.57 bits per heavy atom. The van der Waals surface area contributed by atoms with Gasteiger partial charge in [0.15, 0.2) is 5.78 Å². The van der Waals surface area contributed by atoms with Crippen molar-refractivity contribution in [3.63, 3.8) is 0 Å². The number of pyridine rings is 2. The van der Waals surface area contributed by atoms with Crippen LogP contribution in [0.2, 0.25) is 0 Å². The topological polar surface area (TPSA) is 101 Å². The van der Waals surface area contributed by atoms with Crippen LogP contribution in [0.15, 0.2) is 66.8 Å². The van der Waals surface area contributed by atoms with E-state index in [0.717, 1.165) is 16.3 Å². The van der Waals surface area contributed by atoms with Gasteiger partial charge in [-0.05, 0) is 49.1 Å². The Morgan fingerprint density at radius 1 is 1.17 bits per heavy atom. The van der Waals surface area contributed by atoms with Gasteiger partial charge in [-0.3, -0.25) is 9.78 Å². The van der Waals surface area contributed by atoms with Crippen LogP contribution in [0.4, 0.5) is 0 Å². The first kappa shape index (κ1) is 19.6. The molecular formula is C23H21N3O4. The number of rotatable bonds is 7. The second kappa shape index (κ2) is 7.59. The highest BCUT2D eigenvalue weighted by molar-refractivity contribution is 6.04. The maximum atomic E-state index is 11.7. The molecule has 0 bridgehead atoms. The number of nitrogens with one attached hydrogen (secondary N) is 1. The van der Waals surface area contributed by atoms with E-state index in [9.17, 15) is 14.7 Å². The summed E-state index contributed by atoms with van der Waals surface area (Å²) in [6.07, 6.45) is 6.82. The molecule has 2 N–H and O–H groups in total. The Morgan fingerprint density at radius 2 is 1.90 bits per heavy atom. The standard InChI is InChI=1S/C23H21N3O4/c1-23(2)19(12-20(23)27)26-18(22(28)29)11-14-3-5-16(6-4-14)30-21-17-13-24-9-7-15(17)8-10-25-21/h3-10,12-13,18,26H,11H2,1-2H3,(H,28,29). The average Bonchev–Trinajstić information content (AvgIpc) is 2.74. The van der Waals surface area contributed by atoms with Crippen LogP contribution in [0.3, 0.4) is 0 Å². The molecule has 0 amide bonds. The number of aliphatic carboxylic acids is 1. The summed E-state index contributed by atoms with van der Waals surface area (Å²) >= 11 is 0. The van der Waals surface area contributed by atoms with Crippen molar-refractivity contribution in [1.29, 1.82) is 0 Å². The van der Waals surface area contributed by atoms with E-state index in [4.69, 9.17) is 4.74 Å². The molecule has 0 saturated carbocycles. The van der Waals surface area contributed by atoms with Crippen molar-refractivity contribution in [1.82, 2.24) is 15.3 Å². The highest BCUT2D eigenvalue weighted by Gasteiger charge is 2.40. The predicted molar refractivity (Wildman–Crippen MR) is 111 cm³/mol. The minimum atomic E-state index is -0.973. The fourth-order valence-electron chi connectivity index (χ4n) is 3.26. The third-order valence-electron chi connectivity index (χ3n) is 5.30. The van der Waals surface area contributed by atoms with Gasteiger partial charge >= 0.3 is 5.97 Å². The first-order chi connectivity index (χ1) is 14.3. The summed E-state index contributed by atoms with van der Waals surface area (Å²) in [4.78, 5) is 31.7. The molecule has 0 spiro atoms. The van der Waals surface area contributed by atoms with Crippen LogP contribution in [-0.2, 0) is 16.0 Å². The van der Waals surface area contributed by atoms with Gasteiger partial charge in [-0.1, -0.05) is 12.1 Å². The van der Waals surface area contributed by atoms with Crippen molar-refractivity contribution in [2.45, 2.75) is 26.3 Å². The van der Waals surface area contributed by atoms with Gasteiger partial charge in [0.1, 0.15) is 11.8 Å². The number of carboxylic acid groups (broad SMARTS) is 1. The first-order valence-corrected chi connectivity index (χ1v) is 9.56. The van der Waals surface area contributed by atoms with E-state index in [-0.39, 0.29) is 12.2 Å². The molecule has 0 aliphatic heterocycles. The van der Waals surface area contributed by atoms with Crippen molar-refractivity contribution >= 4 is 22.5 Å². The highest BCUT2D eigenvalue weighted by atomic mass is 16.5. The monoisotopic (exact) mass is 403 g/mol. The average molecular weight is 403 g/mol. The number of nitrogens with zero attached hydrogens (tertiary/aromatic N) is 2. The van der Waals surface area contributed by atoms with Gasteiger partial charge in [0, 0.05) is 36.8 Å². The number of hydrogen-bond acceptors (Lipinski definition) is 6. The number of carbonyl (C=O) groups is 2. The van der Waals surface area contributed by atoms with Gasteiger partial charge in [-0.2, -0.15) is 0 Å². The van der Waals surface area contributed by atoms with Gasteiger partial charge in [-0.25, -0.2) is 9.78 Å². The lowest BCUT2D eigenvalue weighted by Crippen LogP contribution is -2.48. The van der Waals surface area contributed by atoms with Gasteiger partial charge < -0.3 is 15.2 Å². The van der Waals surface area contributed by atoms with E-state index in [1.54, 1.807) is 44.6 Å². The van der Waals surface area contributed by atoms with Gasteiger partial charge in [0.05, 0.1) is 10.8 Å². The molecule has 0 saturated heterocycles. The Labute approximate surface area is 173 Å². The van der Waals surface area contributed by atoms with Crippen LogP contribution in [0.1, 0.15) is 19.4 Å². The molecule has 1 atom stereocenters. The number of ether oxygens (including phenoxy) is 1. The van der Waals surface area contributed by atoms with Crippen LogP contribution in [0.5, 0.6) is 11.6 Å². The molecule has 30 heavy (non-hydrogen) atoms. The number of fused-ring (bicyclic) bond motifs is 1. The smallest absolute Gasteiger partial charge is 0.326 e. The fourth-order valence-corrected chi connectivity index (χ4v) is 3.26. The van der Waals surface area contributed by atoms with E-state index in [1.165, 1.54) is 6.08 Å². The van der Waals surface area contributed by atoms with Crippen LogP contribution in [0.25, 0.3) is 10.8 Å². The molecule has 0 radical (unpaired) electrons. The third-order valence-corrected chi connectivity index (χ3v) is 5.30. The lowest BCUT2D eigenvalue weighted by atomic mass is 9.74. The largest absolute Gasteiger partial charge is 0.480 e. The Bertz CT molecular complexity index is 1150. The minimum Gasteiger partial charge on any atom is -0.480 e. The van der Waals surface area contributed by atoms with Gasteiger partial charge in [0.25, 0.3) is 0 Å². The molecule has 1 aliphatic rings. The van der Waals surface area contributed by atoms with Crippen molar-refractivity contribution in [2.24, 2.45) is 5.41 Å². The van der Waals surface area contributed by atoms with E-state index in [1.807, 2.05) is 24.3 Å². The van der Waals surface area contributed by atoms with Gasteiger partial charge in [-0.15, -0.1) is 0 Å². The Balaban J connectivity index is 1.47. The van der Waals surface area contributed by atoms with E-state index >= 15 is 0 Å². The summed E-state index contributed by atoms with van der Waals surface area (Å²) in [7, 11) is 0. The second-order valence-electron chi connectivity index (χ2n) is 7.75. The quantitative estimate of drug-likeness (QED) is 0.622. The van der Waals surface area contributed by atoms with Crippen LogP contribution < -0.4 is 10.1 Å². The number of ketones is 1. The summed E-state index contributed by atoms with van der Waals surface area (Å²) in [5.41, 5.74) is 0.820. The zero-order valence-electron chi connectivity index (χ0n) is 16.6. The van der Waals surface area contributed by atoms with E-state index in [0.29, 0.717) is 17.3 Å². The molecule has 1 aliphatic carbocycles. The Kier molecular flexibility index (Phi) is 4.95. The molecule has 152 valence electrons. The molecule has 3 aromatic rings. The molecule has 4 rings (SSSR count). The predicted octanol–water partition coefficient (Wildman–Crippen LogP) is 3.50. The highest BCUT2D eigenvalue weighted by Crippen LogP contribution is 2.35. The normalized spacial score (nSPS) is 15.8. The third kappa shape index (κ3) is 3.74. The molecular weight excluding hydrogens is 382 g/mol. The number of carbonyl (C=O) groups excluding carboxylic acids is 1. The lowest BCUT2D eigenvalue weighted by Gasteiger charge is -2.35. The van der Waals surface area contributed by atoms with Crippen LogP contribution in [0, 0.1) is 5.41 Å². The first-order valence-electron chi connectivity index (χ1n) is 9.56. The van der Waals surface area contributed by atoms with E-state index in [2.05, 4.69) is 15.3 Å². The Hall–Kier alpha value is -3.74. The number of benzene rings is 1. The second-order valence-corrected chi connectivity index (χ2v) is 7.75. The molecule has 7 heteroatoms. The van der Waals surface area contributed by atoms with E-state index < -0.39 is 17.4 Å². The van der Waals surface area contributed by atoms with Crippen LogP contribution in [-0.4, -0.2) is 32.9 Å². The van der Waals surface area contributed by atoms with Crippen molar-refractivity contribution < 1.29 is 19.4 Å². The van der Waals surface area contributed by atoms with Crippen molar-refractivity contribution in [2.75, 3.05) is 0 Å². The number of carboxylic acids is 1. The lowest BCUT2D eigenvalue weighted by molar-refractivity contribution is -0.139. The summed E-state index contributed by atoms with van der Waals surface area (Å²) in [6, 6.07) is 10.1. The number of hydrogen-bond donors (Lipinski definition) is 2. The molecule has 0 fully saturated rings. The molecule has 2 heterocycles. The molecule has 1 unspecified atom stereocenters. The zero-order chi connectivity index (χ0) is 21.3. The molecule has 7 nitrogen and oxygen atoms in total. The minimum absolute atomic E-state index is 0.00659. The number of allylic oxidation sites excluding steroid dienone is 2. The van der Waals surface area contributed by atoms with Crippen LogP contribution >= 0.6 is 0 Å². The maximum absolute atomic E-state index is 11.7. The van der Waals surface area contributed by atoms with Crippen molar-refractivity contribution in [3.05, 3.63) is 72.3 Å². The number of aromatic nitrogens is 2. The van der Waals surface area contributed by atoms with Gasteiger partial charge in [0.2, 0.25) is 5.88 Å². The summed E-state index contributed by atoms with van der Waals surface area (Å²) in [5, 5.41) is 14.4. The summed E-state index contributed by atoms with van der Waals surface area (Å²) in [5.74, 6) is 0.0739. The van der Waals surface area contributed by atoms with Crippen molar-refractivity contribution in [3.8, 4) is 11.6 Å². The maximum Gasteiger partial charge on any atom is 0.326 e. The molecule has 2 aromatic heterocycles. The fraction of sp³-hybridized carbons (Fsp3) is 0.217. The molecule has 1 aromatic carbocycles. The summed E-state index contributed by atoms with van der Waals surface area (Å²) < 4.78 is 5.90. The zero-order valence-corrected chi connectivity index (χ0v) is 16.6.